The van der Waals surface area contributed by atoms with Crippen molar-refractivity contribution in [3.05, 3.63) is 0 Å². The molecule has 0 heterocycles. The van der Waals surface area contributed by atoms with Gasteiger partial charge in [-0.15, -0.1) is 0 Å². The van der Waals surface area contributed by atoms with Crippen LogP contribution in [0.2, 0.25) is 0 Å². The molecule has 0 unspecified atom stereocenters. The lowest BCUT2D eigenvalue weighted by molar-refractivity contribution is -0.131. The third kappa shape index (κ3) is 5.50. The predicted molar refractivity (Wildman–Crippen MR) is 68.7 cm³/mol. The van der Waals surface area contributed by atoms with Gasteiger partial charge in [-0.25, -0.2) is 0 Å². The van der Waals surface area contributed by atoms with E-state index in [4.69, 9.17) is 10.5 Å². The highest BCUT2D eigenvalue weighted by atomic mass is 16.5. The van der Waals surface area contributed by atoms with Crippen molar-refractivity contribution < 1.29 is 9.53 Å². The van der Waals surface area contributed by atoms with Crippen LogP contribution in [-0.2, 0) is 9.53 Å². The van der Waals surface area contributed by atoms with Crippen molar-refractivity contribution in [1.82, 2.24) is 4.90 Å². The minimum Gasteiger partial charge on any atom is -0.380 e. The normalized spacial score (nSPS) is 24.6. The molecule has 0 aliphatic heterocycles. The highest BCUT2D eigenvalue weighted by molar-refractivity contribution is 5.76. The van der Waals surface area contributed by atoms with E-state index < -0.39 is 0 Å². The van der Waals surface area contributed by atoms with Crippen LogP contribution in [0.4, 0.5) is 0 Å². The summed E-state index contributed by atoms with van der Waals surface area (Å²) in [6, 6.07) is 0.358. The first-order chi connectivity index (χ1) is 8.13. The number of ether oxygens (including phenoxy) is 1. The Morgan fingerprint density at radius 3 is 2.59 bits per heavy atom. The summed E-state index contributed by atoms with van der Waals surface area (Å²) in [4.78, 5) is 13.7. The van der Waals surface area contributed by atoms with Crippen molar-refractivity contribution in [3.63, 3.8) is 0 Å². The standard InChI is InChI=1S/C13H26N2O2/c1-3-17-9-8-15(2)13(16)10-11-4-6-12(14)7-5-11/h11-12H,3-10,14H2,1-2H3. The van der Waals surface area contributed by atoms with Crippen LogP contribution >= 0.6 is 0 Å². The molecule has 100 valence electrons. The fraction of sp³-hybridized carbons (Fsp3) is 0.923. The molecular weight excluding hydrogens is 216 g/mol. The molecule has 0 saturated heterocycles. The maximum atomic E-state index is 11.9. The van der Waals surface area contributed by atoms with Gasteiger partial charge >= 0.3 is 0 Å². The summed E-state index contributed by atoms with van der Waals surface area (Å²) in [7, 11) is 1.86. The summed E-state index contributed by atoms with van der Waals surface area (Å²) in [5, 5.41) is 0. The molecular formula is C13H26N2O2. The molecule has 0 bridgehead atoms. The molecule has 0 aromatic rings. The first-order valence-electron chi connectivity index (χ1n) is 6.70. The summed E-state index contributed by atoms with van der Waals surface area (Å²) in [5.41, 5.74) is 5.86. The fourth-order valence-corrected chi connectivity index (χ4v) is 2.27. The largest absolute Gasteiger partial charge is 0.380 e. The molecule has 1 amide bonds. The maximum Gasteiger partial charge on any atom is 0.222 e. The SMILES string of the molecule is CCOCCN(C)C(=O)CC1CCC(N)CC1. The molecule has 0 aromatic heterocycles. The number of carbonyl (C=O) groups is 1. The molecule has 4 nitrogen and oxygen atoms in total. The molecule has 2 N–H and O–H groups in total. The second-order valence-corrected chi connectivity index (χ2v) is 5.00. The molecule has 0 atom stereocenters. The van der Waals surface area contributed by atoms with Gasteiger partial charge in [-0.3, -0.25) is 4.79 Å². The monoisotopic (exact) mass is 242 g/mol. The van der Waals surface area contributed by atoms with E-state index >= 15 is 0 Å². The third-order valence-corrected chi connectivity index (χ3v) is 3.56. The van der Waals surface area contributed by atoms with Gasteiger partial charge in [-0.1, -0.05) is 0 Å². The predicted octanol–water partition coefficient (Wildman–Crippen LogP) is 1.39. The van der Waals surface area contributed by atoms with Gasteiger partial charge in [0.05, 0.1) is 6.61 Å². The van der Waals surface area contributed by atoms with Gasteiger partial charge in [0.15, 0.2) is 0 Å². The van der Waals surface area contributed by atoms with Gasteiger partial charge in [0.1, 0.15) is 0 Å². The number of nitrogens with two attached hydrogens (primary N) is 1. The average Bonchev–Trinajstić information content (AvgIpc) is 2.32. The molecule has 0 radical (unpaired) electrons. The second kappa shape index (κ2) is 7.67. The van der Waals surface area contributed by atoms with Crippen molar-refractivity contribution in [2.75, 3.05) is 26.8 Å². The molecule has 1 fully saturated rings. The molecule has 0 aromatic carbocycles. The molecule has 17 heavy (non-hydrogen) atoms. The Labute approximate surface area is 104 Å². The first-order valence-corrected chi connectivity index (χ1v) is 6.70. The molecule has 1 aliphatic rings. The van der Waals surface area contributed by atoms with Crippen LogP contribution < -0.4 is 5.73 Å². The van der Waals surface area contributed by atoms with Gasteiger partial charge in [0.2, 0.25) is 5.91 Å². The Morgan fingerprint density at radius 2 is 2.00 bits per heavy atom. The Bertz CT molecular complexity index is 225. The van der Waals surface area contributed by atoms with Gasteiger partial charge < -0.3 is 15.4 Å². The van der Waals surface area contributed by atoms with E-state index in [2.05, 4.69) is 0 Å². The van der Waals surface area contributed by atoms with E-state index in [0.717, 1.165) is 25.7 Å². The summed E-state index contributed by atoms with van der Waals surface area (Å²) in [5.74, 6) is 0.780. The van der Waals surface area contributed by atoms with Crippen LogP contribution in [0.15, 0.2) is 0 Å². The Balaban J connectivity index is 2.19. The summed E-state index contributed by atoms with van der Waals surface area (Å²) >= 11 is 0. The summed E-state index contributed by atoms with van der Waals surface area (Å²) in [6.07, 6.45) is 5.02. The van der Waals surface area contributed by atoms with Gasteiger partial charge in [0.25, 0.3) is 0 Å². The summed E-state index contributed by atoms with van der Waals surface area (Å²) < 4.78 is 5.25. The highest BCUT2D eigenvalue weighted by Gasteiger charge is 2.22. The minimum atomic E-state index is 0.241. The Morgan fingerprint density at radius 1 is 1.35 bits per heavy atom. The first kappa shape index (κ1) is 14.5. The topological polar surface area (TPSA) is 55.6 Å². The lowest BCUT2D eigenvalue weighted by atomic mass is 9.84. The maximum absolute atomic E-state index is 11.9. The van der Waals surface area contributed by atoms with Crippen molar-refractivity contribution in [2.45, 2.75) is 45.1 Å². The van der Waals surface area contributed by atoms with Crippen molar-refractivity contribution in [2.24, 2.45) is 11.7 Å². The number of rotatable bonds is 6. The molecule has 1 rings (SSSR count). The van der Waals surface area contributed by atoms with Crippen LogP contribution in [0, 0.1) is 5.92 Å². The quantitative estimate of drug-likeness (QED) is 0.716. The number of carbonyl (C=O) groups excluding carboxylic acids is 1. The van der Waals surface area contributed by atoms with E-state index in [-0.39, 0.29) is 5.91 Å². The lowest BCUT2D eigenvalue weighted by Crippen LogP contribution is -2.33. The van der Waals surface area contributed by atoms with E-state index in [0.29, 0.717) is 38.1 Å². The highest BCUT2D eigenvalue weighted by Crippen LogP contribution is 2.26. The van der Waals surface area contributed by atoms with E-state index in [1.165, 1.54) is 0 Å². The van der Waals surface area contributed by atoms with Crippen molar-refractivity contribution >= 4 is 5.91 Å². The minimum absolute atomic E-state index is 0.241. The van der Waals surface area contributed by atoms with Crippen LogP contribution in [0.1, 0.15) is 39.0 Å². The fourth-order valence-electron chi connectivity index (χ4n) is 2.27. The molecule has 1 saturated carbocycles. The smallest absolute Gasteiger partial charge is 0.222 e. The van der Waals surface area contributed by atoms with E-state index in [1.807, 2.05) is 14.0 Å². The van der Waals surface area contributed by atoms with Crippen LogP contribution in [0.5, 0.6) is 0 Å². The van der Waals surface area contributed by atoms with E-state index in [1.54, 1.807) is 4.90 Å². The molecule has 0 spiro atoms. The zero-order valence-corrected chi connectivity index (χ0v) is 11.2. The number of amides is 1. The Hall–Kier alpha value is -0.610. The number of nitrogens with zero attached hydrogens (tertiary/aromatic N) is 1. The average molecular weight is 242 g/mol. The molecule has 1 aliphatic carbocycles. The zero-order valence-electron chi connectivity index (χ0n) is 11.2. The number of hydrogen-bond acceptors (Lipinski definition) is 3. The van der Waals surface area contributed by atoms with Crippen molar-refractivity contribution in [3.8, 4) is 0 Å². The van der Waals surface area contributed by atoms with Crippen molar-refractivity contribution in [1.29, 1.82) is 0 Å². The number of hydrogen-bond donors (Lipinski definition) is 1. The summed E-state index contributed by atoms with van der Waals surface area (Å²) in [6.45, 7) is 4.00. The second-order valence-electron chi connectivity index (χ2n) is 5.00. The van der Waals surface area contributed by atoms with Gasteiger partial charge in [-0.2, -0.15) is 0 Å². The number of likely N-dealkylation sites (N-methyl/N-ethyl adjacent to an activating group) is 1. The van der Waals surface area contributed by atoms with Gasteiger partial charge in [0, 0.05) is 32.7 Å². The lowest BCUT2D eigenvalue weighted by Gasteiger charge is -2.27. The zero-order chi connectivity index (χ0) is 12.7. The van der Waals surface area contributed by atoms with Crippen LogP contribution in [0.25, 0.3) is 0 Å². The van der Waals surface area contributed by atoms with Crippen LogP contribution in [-0.4, -0.2) is 43.7 Å². The Kier molecular flexibility index (Phi) is 6.52. The molecule has 4 heteroatoms. The van der Waals surface area contributed by atoms with Crippen LogP contribution in [0.3, 0.4) is 0 Å². The van der Waals surface area contributed by atoms with E-state index in [9.17, 15) is 4.79 Å². The third-order valence-electron chi connectivity index (χ3n) is 3.56. The van der Waals surface area contributed by atoms with Gasteiger partial charge in [-0.05, 0) is 38.5 Å².